The number of fused-ring (bicyclic) bond motifs is 1. The number of nitrogens with one attached hydrogen (secondary N) is 5. The van der Waals surface area contributed by atoms with Crippen molar-refractivity contribution < 1.29 is 9.53 Å². The van der Waals surface area contributed by atoms with E-state index in [0.717, 1.165) is 102 Å². The van der Waals surface area contributed by atoms with Crippen LogP contribution in [-0.4, -0.2) is 102 Å². The second-order valence-electron chi connectivity index (χ2n) is 16.0. The first-order valence-electron chi connectivity index (χ1n) is 24.4. The summed E-state index contributed by atoms with van der Waals surface area (Å²) < 4.78 is 5.62. The Labute approximate surface area is 402 Å². The molecule has 10 nitrogen and oxygen atoms in total. The molecule has 1 amide bonds. The molecule has 5 N–H and O–H groups in total. The molecule has 1 aliphatic heterocycles. The van der Waals surface area contributed by atoms with Crippen LogP contribution >= 0.6 is 0 Å². The molecule has 66 heavy (non-hydrogen) atoms. The summed E-state index contributed by atoms with van der Waals surface area (Å²) >= 11 is 0. The zero-order valence-corrected chi connectivity index (χ0v) is 41.8. The van der Waals surface area contributed by atoms with Crippen LogP contribution in [0.5, 0.6) is 0 Å². The quantitative estimate of drug-likeness (QED) is 0.0118. The maximum atomic E-state index is 10.6. The molecule has 4 aromatic rings. The number of morpholine rings is 1. The van der Waals surface area contributed by atoms with Crippen LogP contribution in [0.25, 0.3) is 27.6 Å². The Morgan fingerprint density at radius 1 is 0.833 bits per heavy atom. The second kappa shape index (κ2) is 37.1. The minimum Gasteiger partial charge on any atom is -0.386 e. The summed E-state index contributed by atoms with van der Waals surface area (Å²) in [4.78, 5) is 20.0. The molecule has 1 fully saturated rings. The number of carbonyl (C=O) groups excluding carboxylic acids is 1. The van der Waals surface area contributed by atoms with Gasteiger partial charge in [-0.15, -0.1) is 0 Å². The predicted octanol–water partition coefficient (Wildman–Crippen LogP) is 11.0. The summed E-state index contributed by atoms with van der Waals surface area (Å²) in [6.07, 6.45) is 9.30. The molecule has 366 valence electrons. The van der Waals surface area contributed by atoms with E-state index in [0.29, 0.717) is 19.8 Å². The molecule has 1 saturated heterocycles. The number of carbonyl (C=O) groups is 1. The van der Waals surface area contributed by atoms with E-state index in [1.807, 2.05) is 34.1 Å². The molecular formula is C56H90N8O2. The van der Waals surface area contributed by atoms with Crippen LogP contribution in [0.4, 0.5) is 0 Å². The Bertz CT molecular complexity index is 1910. The van der Waals surface area contributed by atoms with Crippen LogP contribution in [0.1, 0.15) is 117 Å². The summed E-state index contributed by atoms with van der Waals surface area (Å²) in [5, 5.41) is 19.1. The van der Waals surface area contributed by atoms with Crippen LogP contribution in [-0.2, 0) is 16.1 Å². The van der Waals surface area contributed by atoms with E-state index < -0.39 is 0 Å². The number of nitrogens with zero attached hydrogens (tertiary/aromatic N) is 3. The highest BCUT2D eigenvalue weighted by Crippen LogP contribution is 2.31. The maximum Gasteiger partial charge on any atom is 0.207 e. The summed E-state index contributed by atoms with van der Waals surface area (Å²) in [5.74, 6) is 0.972. The highest BCUT2D eigenvalue weighted by molar-refractivity contribution is 5.88. The molecule has 0 aliphatic carbocycles. The lowest BCUT2D eigenvalue weighted by Crippen LogP contribution is -2.39. The van der Waals surface area contributed by atoms with Crippen molar-refractivity contribution in [2.24, 2.45) is 4.99 Å². The number of ether oxygens (including phenoxy) is 1. The fraction of sp³-hybridized carbons (Fsp3) is 0.500. The van der Waals surface area contributed by atoms with Gasteiger partial charge in [-0.3, -0.25) is 19.6 Å². The maximum absolute atomic E-state index is 10.6. The van der Waals surface area contributed by atoms with Crippen molar-refractivity contribution in [3.05, 3.63) is 126 Å². The molecule has 4 aromatic carbocycles. The number of hydrogen-bond donors (Lipinski definition) is 5. The summed E-state index contributed by atoms with van der Waals surface area (Å²) in [6, 6.07) is 33.1. The monoisotopic (exact) mass is 907 g/mol. The van der Waals surface area contributed by atoms with Gasteiger partial charge in [0.25, 0.3) is 0 Å². The number of amidine groups is 1. The van der Waals surface area contributed by atoms with Crippen molar-refractivity contribution >= 4 is 28.7 Å². The molecule has 0 spiro atoms. The van der Waals surface area contributed by atoms with Gasteiger partial charge in [0.1, 0.15) is 5.84 Å². The number of benzene rings is 4. The van der Waals surface area contributed by atoms with Gasteiger partial charge in [-0.25, -0.2) is 0 Å². The zero-order valence-electron chi connectivity index (χ0n) is 41.8. The minimum atomic E-state index is 0. The Hall–Kier alpha value is -5.00. The SMILES string of the molecule is C.C=C(CCCNCN/C=C(\NC)c1ccc(-c2ccc3cc(CNC(CN(CCC)CCCNC=O)=NC)ccc3c2)cc1)C(c1ccccc1)N1CCOCC1.CC.CCC.CCC. The molecule has 1 aliphatic rings. The fourth-order valence-corrected chi connectivity index (χ4v) is 7.46. The molecule has 0 saturated carbocycles. The average Bonchev–Trinajstić information content (AvgIpc) is 3.34. The van der Waals surface area contributed by atoms with Crippen LogP contribution < -0.4 is 26.6 Å². The van der Waals surface area contributed by atoms with Gasteiger partial charge < -0.3 is 31.3 Å². The van der Waals surface area contributed by atoms with E-state index in [1.165, 1.54) is 51.4 Å². The summed E-state index contributed by atoms with van der Waals surface area (Å²) in [6.45, 7) is 28.3. The third-order valence-corrected chi connectivity index (χ3v) is 10.5. The van der Waals surface area contributed by atoms with E-state index in [4.69, 9.17) is 4.74 Å². The van der Waals surface area contributed by atoms with Gasteiger partial charge in [0.2, 0.25) is 6.41 Å². The van der Waals surface area contributed by atoms with Crippen molar-refractivity contribution in [3.8, 4) is 11.1 Å². The minimum absolute atomic E-state index is 0. The van der Waals surface area contributed by atoms with Crippen LogP contribution in [0.2, 0.25) is 0 Å². The summed E-state index contributed by atoms with van der Waals surface area (Å²) in [5.41, 5.74) is 8.34. The van der Waals surface area contributed by atoms with Crippen molar-refractivity contribution in [3.63, 3.8) is 0 Å². The molecule has 10 heteroatoms. The van der Waals surface area contributed by atoms with Gasteiger partial charge in [0.05, 0.1) is 38.2 Å². The van der Waals surface area contributed by atoms with Crippen molar-refractivity contribution in [1.82, 2.24) is 36.4 Å². The normalized spacial score (nSPS) is 13.1. The fourth-order valence-electron chi connectivity index (χ4n) is 7.46. The largest absolute Gasteiger partial charge is 0.386 e. The standard InChI is InChI=1S/C47H64N8O2.2C3H8.C2H6.CH4/c1-5-24-54(25-10-23-51-36-56)34-46(49-4)53-32-38-14-15-44-31-43(21-20-42(44)30-38)39-16-18-40(19-17-39)45(48-3)33-52-35-50-22-9-11-37(2)47(41-12-7-6-8-13-41)55-26-28-57-29-27-55;2*1-3-2;1-2;/h6-8,12-21,30-31,33,36,47-48,50,52H,2,5,9-11,22-29,32,34-35H2,1,3-4H3,(H,49,53)(H,51,56);2*3H2,1-2H3;1-2H3;1H4/b45-33-;;;;. The van der Waals surface area contributed by atoms with E-state index in [-0.39, 0.29) is 13.5 Å². The Kier molecular flexibility index (Phi) is 33.2. The molecule has 0 aromatic heterocycles. The number of rotatable bonds is 24. The summed E-state index contributed by atoms with van der Waals surface area (Å²) in [7, 11) is 3.80. The van der Waals surface area contributed by atoms with Gasteiger partial charge >= 0.3 is 0 Å². The Morgan fingerprint density at radius 2 is 1.48 bits per heavy atom. The predicted molar refractivity (Wildman–Crippen MR) is 288 cm³/mol. The number of amides is 1. The molecule has 0 radical (unpaired) electrons. The lowest BCUT2D eigenvalue weighted by molar-refractivity contribution is -0.109. The molecule has 1 unspecified atom stereocenters. The molecule has 0 bridgehead atoms. The zero-order chi connectivity index (χ0) is 47.5. The first-order chi connectivity index (χ1) is 31.8. The smallest absolute Gasteiger partial charge is 0.207 e. The first-order valence-corrected chi connectivity index (χ1v) is 24.4. The van der Waals surface area contributed by atoms with E-state index in [9.17, 15) is 4.79 Å². The second-order valence-corrected chi connectivity index (χ2v) is 16.0. The number of aliphatic imine (C=N–C) groups is 1. The topological polar surface area (TPSA) is 105 Å². The van der Waals surface area contributed by atoms with Gasteiger partial charge in [0, 0.05) is 53.0 Å². The van der Waals surface area contributed by atoms with E-state index in [2.05, 4.69) is 174 Å². The number of hydrogen-bond acceptors (Lipinski definition) is 8. The van der Waals surface area contributed by atoms with Crippen LogP contribution in [0.3, 0.4) is 0 Å². The lowest BCUT2D eigenvalue weighted by Gasteiger charge is -2.36. The van der Waals surface area contributed by atoms with Gasteiger partial charge in [-0.1, -0.05) is 160 Å². The Morgan fingerprint density at radius 3 is 2.12 bits per heavy atom. The third-order valence-electron chi connectivity index (χ3n) is 10.5. The molecule has 1 heterocycles. The van der Waals surface area contributed by atoms with E-state index >= 15 is 0 Å². The van der Waals surface area contributed by atoms with Crippen LogP contribution in [0.15, 0.2) is 114 Å². The third kappa shape index (κ3) is 22.0. The molecule has 5 rings (SSSR count). The average molecular weight is 907 g/mol. The Balaban J connectivity index is 0.00000226. The first kappa shape index (κ1) is 59.0. The van der Waals surface area contributed by atoms with Gasteiger partial charge in [0.15, 0.2) is 0 Å². The van der Waals surface area contributed by atoms with Crippen molar-refractivity contribution in [2.45, 2.75) is 107 Å². The highest BCUT2D eigenvalue weighted by atomic mass is 16.5. The molecule has 1 atom stereocenters. The van der Waals surface area contributed by atoms with Crippen molar-refractivity contribution in [1.29, 1.82) is 0 Å². The van der Waals surface area contributed by atoms with Crippen LogP contribution in [0, 0.1) is 0 Å². The van der Waals surface area contributed by atoms with E-state index in [1.54, 1.807) is 0 Å². The molecular weight excluding hydrogens is 817 g/mol. The van der Waals surface area contributed by atoms with Crippen molar-refractivity contribution in [2.75, 3.05) is 79.8 Å². The van der Waals surface area contributed by atoms with Gasteiger partial charge in [-0.2, -0.15) is 0 Å². The lowest BCUT2D eigenvalue weighted by atomic mass is 9.94. The van der Waals surface area contributed by atoms with Gasteiger partial charge in [-0.05, 0) is 89.5 Å². The highest BCUT2D eigenvalue weighted by Gasteiger charge is 2.24.